The molecule has 100 valence electrons. The molecule has 0 heterocycles. The van der Waals surface area contributed by atoms with Crippen molar-refractivity contribution in [2.24, 2.45) is 0 Å². The van der Waals surface area contributed by atoms with Gasteiger partial charge in [0, 0.05) is 26.3 Å². The number of nitrogen functional groups attached to an aromatic ring is 1. The van der Waals surface area contributed by atoms with Gasteiger partial charge in [-0.05, 0) is 13.0 Å². The molecular weight excluding hydrogens is 239 g/mol. The standard InChI is InChI=1S/C12H17FN2O3/c1-3-18-5-4-15(2)11-7-9(13)8(12(16)17)6-10(11)14/h6-7H,3-5,14H2,1-2H3,(H,16,17). The number of aromatic carboxylic acids is 1. The lowest BCUT2D eigenvalue weighted by molar-refractivity contribution is 0.0692. The maximum absolute atomic E-state index is 13.5. The van der Waals surface area contributed by atoms with Gasteiger partial charge in [0.15, 0.2) is 0 Å². The summed E-state index contributed by atoms with van der Waals surface area (Å²) in [4.78, 5) is 12.5. The number of nitrogens with zero attached hydrogens (tertiary/aromatic N) is 1. The van der Waals surface area contributed by atoms with E-state index in [-0.39, 0.29) is 5.69 Å². The Labute approximate surface area is 105 Å². The number of hydrogen-bond acceptors (Lipinski definition) is 4. The van der Waals surface area contributed by atoms with E-state index >= 15 is 0 Å². The highest BCUT2D eigenvalue weighted by molar-refractivity contribution is 5.90. The molecule has 0 aliphatic carbocycles. The van der Waals surface area contributed by atoms with Gasteiger partial charge >= 0.3 is 5.97 Å². The van der Waals surface area contributed by atoms with Crippen molar-refractivity contribution in [2.45, 2.75) is 6.92 Å². The van der Waals surface area contributed by atoms with E-state index in [1.807, 2.05) is 6.92 Å². The zero-order valence-corrected chi connectivity index (χ0v) is 10.4. The number of likely N-dealkylation sites (N-methyl/N-ethyl adjacent to an activating group) is 1. The van der Waals surface area contributed by atoms with E-state index < -0.39 is 17.3 Å². The molecule has 0 aliphatic heterocycles. The number of anilines is 2. The molecule has 1 aromatic carbocycles. The number of ether oxygens (including phenoxy) is 1. The van der Waals surface area contributed by atoms with Crippen LogP contribution in [0.3, 0.4) is 0 Å². The highest BCUT2D eigenvalue weighted by Crippen LogP contribution is 2.25. The van der Waals surface area contributed by atoms with Crippen molar-refractivity contribution in [1.82, 2.24) is 0 Å². The Morgan fingerprint density at radius 3 is 2.78 bits per heavy atom. The molecule has 0 saturated carbocycles. The second-order valence-corrected chi connectivity index (χ2v) is 3.81. The van der Waals surface area contributed by atoms with Crippen LogP contribution in [-0.4, -0.2) is 37.9 Å². The molecule has 0 radical (unpaired) electrons. The van der Waals surface area contributed by atoms with E-state index in [0.29, 0.717) is 25.4 Å². The Kier molecular flexibility index (Phi) is 4.91. The van der Waals surface area contributed by atoms with Gasteiger partial charge in [-0.2, -0.15) is 0 Å². The van der Waals surface area contributed by atoms with Crippen molar-refractivity contribution in [1.29, 1.82) is 0 Å². The van der Waals surface area contributed by atoms with Crippen LogP contribution in [0.15, 0.2) is 12.1 Å². The molecular formula is C12H17FN2O3. The van der Waals surface area contributed by atoms with Crippen molar-refractivity contribution in [3.63, 3.8) is 0 Å². The first-order valence-corrected chi connectivity index (χ1v) is 5.58. The maximum Gasteiger partial charge on any atom is 0.338 e. The largest absolute Gasteiger partial charge is 0.478 e. The van der Waals surface area contributed by atoms with Gasteiger partial charge in [0.2, 0.25) is 0 Å². The van der Waals surface area contributed by atoms with E-state index in [0.717, 1.165) is 12.1 Å². The fraction of sp³-hybridized carbons (Fsp3) is 0.417. The first-order chi connectivity index (χ1) is 8.47. The van der Waals surface area contributed by atoms with Crippen LogP contribution in [0.2, 0.25) is 0 Å². The average Bonchev–Trinajstić information content (AvgIpc) is 2.31. The number of benzene rings is 1. The fourth-order valence-electron chi connectivity index (χ4n) is 1.54. The number of hydrogen-bond donors (Lipinski definition) is 2. The number of carboxylic acid groups (broad SMARTS) is 1. The number of nitrogens with two attached hydrogens (primary N) is 1. The average molecular weight is 256 g/mol. The van der Waals surface area contributed by atoms with Crippen LogP contribution in [0.5, 0.6) is 0 Å². The number of carboxylic acids is 1. The molecule has 0 aromatic heterocycles. The summed E-state index contributed by atoms with van der Waals surface area (Å²) < 4.78 is 18.7. The van der Waals surface area contributed by atoms with Crippen molar-refractivity contribution in [3.8, 4) is 0 Å². The Morgan fingerprint density at radius 1 is 1.56 bits per heavy atom. The van der Waals surface area contributed by atoms with Gasteiger partial charge < -0.3 is 20.5 Å². The molecule has 0 bridgehead atoms. The number of halogens is 1. The second kappa shape index (κ2) is 6.20. The van der Waals surface area contributed by atoms with Crippen LogP contribution in [-0.2, 0) is 4.74 Å². The minimum absolute atomic E-state index is 0.229. The predicted octanol–water partition coefficient (Wildman–Crippen LogP) is 1.58. The van der Waals surface area contributed by atoms with Gasteiger partial charge in [-0.25, -0.2) is 9.18 Å². The van der Waals surface area contributed by atoms with E-state index in [2.05, 4.69) is 0 Å². The molecule has 0 atom stereocenters. The van der Waals surface area contributed by atoms with Crippen molar-refractivity contribution >= 4 is 17.3 Å². The van der Waals surface area contributed by atoms with Crippen LogP contribution in [0, 0.1) is 5.82 Å². The molecule has 1 aromatic rings. The SMILES string of the molecule is CCOCCN(C)c1cc(F)c(C(=O)O)cc1N. The van der Waals surface area contributed by atoms with Crippen molar-refractivity contribution in [3.05, 3.63) is 23.5 Å². The minimum Gasteiger partial charge on any atom is -0.478 e. The predicted molar refractivity (Wildman–Crippen MR) is 67.5 cm³/mol. The van der Waals surface area contributed by atoms with Gasteiger partial charge in [-0.3, -0.25) is 0 Å². The van der Waals surface area contributed by atoms with E-state index in [9.17, 15) is 9.18 Å². The third-order valence-electron chi connectivity index (χ3n) is 2.53. The minimum atomic E-state index is -1.33. The molecule has 3 N–H and O–H groups in total. The molecule has 0 aliphatic rings. The number of rotatable bonds is 6. The monoisotopic (exact) mass is 256 g/mol. The molecule has 1 rings (SSSR count). The lowest BCUT2D eigenvalue weighted by atomic mass is 10.1. The van der Waals surface area contributed by atoms with Gasteiger partial charge in [0.1, 0.15) is 5.82 Å². The fourth-order valence-corrected chi connectivity index (χ4v) is 1.54. The third-order valence-corrected chi connectivity index (χ3v) is 2.53. The summed E-state index contributed by atoms with van der Waals surface area (Å²) in [5.41, 5.74) is 5.98. The Morgan fingerprint density at radius 2 is 2.22 bits per heavy atom. The summed E-state index contributed by atoms with van der Waals surface area (Å²) in [7, 11) is 1.74. The second-order valence-electron chi connectivity index (χ2n) is 3.81. The molecule has 18 heavy (non-hydrogen) atoms. The smallest absolute Gasteiger partial charge is 0.338 e. The summed E-state index contributed by atoms with van der Waals surface area (Å²) in [6.07, 6.45) is 0. The highest BCUT2D eigenvalue weighted by atomic mass is 19.1. The normalized spacial score (nSPS) is 10.4. The van der Waals surface area contributed by atoms with Crippen LogP contribution in [0.25, 0.3) is 0 Å². The van der Waals surface area contributed by atoms with Crippen molar-refractivity contribution < 1.29 is 19.0 Å². The Balaban J connectivity index is 2.90. The van der Waals surface area contributed by atoms with Gasteiger partial charge in [-0.15, -0.1) is 0 Å². The molecule has 5 nitrogen and oxygen atoms in total. The summed E-state index contributed by atoms with van der Waals surface area (Å²) in [6, 6.07) is 2.26. The first-order valence-electron chi connectivity index (χ1n) is 5.58. The quantitative estimate of drug-likeness (QED) is 0.597. The number of carbonyl (C=O) groups is 1. The van der Waals surface area contributed by atoms with Gasteiger partial charge in [-0.1, -0.05) is 0 Å². The van der Waals surface area contributed by atoms with E-state index in [1.165, 1.54) is 0 Å². The van der Waals surface area contributed by atoms with Crippen LogP contribution in [0.4, 0.5) is 15.8 Å². The topological polar surface area (TPSA) is 75.8 Å². The van der Waals surface area contributed by atoms with Crippen molar-refractivity contribution in [2.75, 3.05) is 37.4 Å². The lowest BCUT2D eigenvalue weighted by Gasteiger charge is -2.21. The molecule has 0 spiro atoms. The van der Waals surface area contributed by atoms with Crippen LogP contribution >= 0.6 is 0 Å². The Bertz CT molecular complexity index is 438. The molecule has 0 saturated heterocycles. The third kappa shape index (κ3) is 3.33. The summed E-state index contributed by atoms with van der Waals surface area (Å²) in [6.45, 7) is 3.53. The summed E-state index contributed by atoms with van der Waals surface area (Å²) in [5.74, 6) is -2.13. The lowest BCUT2D eigenvalue weighted by Crippen LogP contribution is -2.24. The van der Waals surface area contributed by atoms with Gasteiger partial charge in [0.05, 0.1) is 23.5 Å². The van der Waals surface area contributed by atoms with Gasteiger partial charge in [0.25, 0.3) is 0 Å². The van der Waals surface area contributed by atoms with E-state index in [1.54, 1.807) is 11.9 Å². The molecule has 6 heteroatoms. The first kappa shape index (κ1) is 14.2. The zero-order chi connectivity index (χ0) is 13.7. The van der Waals surface area contributed by atoms with Crippen LogP contribution in [0.1, 0.15) is 17.3 Å². The molecule has 0 amide bonds. The Hall–Kier alpha value is -1.82. The maximum atomic E-state index is 13.5. The summed E-state index contributed by atoms with van der Waals surface area (Å²) >= 11 is 0. The zero-order valence-electron chi connectivity index (χ0n) is 10.4. The van der Waals surface area contributed by atoms with Crippen LogP contribution < -0.4 is 10.6 Å². The van der Waals surface area contributed by atoms with E-state index in [4.69, 9.17) is 15.6 Å². The summed E-state index contributed by atoms with van der Waals surface area (Å²) in [5, 5.41) is 8.76. The molecule has 0 fully saturated rings. The highest BCUT2D eigenvalue weighted by Gasteiger charge is 2.15. The molecule has 0 unspecified atom stereocenters.